The van der Waals surface area contributed by atoms with E-state index in [4.69, 9.17) is 0 Å². The lowest BCUT2D eigenvalue weighted by Gasteiger charge is -2.37. The van der Waals surface area contributed by atoms with Crippen LogP contribution in [0.5, 0.6) is 0 Å². The average Bonchev–Trinajstić information content (AvgIpc) is 3.19. The molecule has 7 aromatic rings. The Morgan fingerprint density at radius 2 is 0.625 bits per heavy atom. The van der Waals surface area contributed by atoms with Gasteiger partial charge in [-0.2, -0.15) is 0 Å². The van der Waals surface area contributed by atoms with Crippen molar-refractivity contribution in [2.75, 3.05) is 0 Å². The summed E-state index contributed by atoms with van der Waals surface area (Å²) in [5.74, 6) is 0. The Morgan fingerprint density at radius 3 is 1.06 bits per heavy atom. The van der Waals surface area contributed by atoms with Crippen molar-refractivity contribution in [3.05, 3.63) is 229 Å². The quantitative estimate of drug-likeness (QED) is 0.154. The van der Waals surface area contributed by atoms with Crippen molar-refractivity contribution in [2.24, 2.45) is 0 Å². The lowest BCUT2D eigenvalue weighted by Crippen LogP contribution is -2.25. The third kappa shape index (κ3) is 5.51. The van der Waals surface area contributed by atoms with Crippen LogP contribution < -0.4 is 10.6 Å². The molecule has 0 amide bonds. The fourth-order valence-corrected chi connectivity index (χ4v) is 11.6. The highest BCUT2D eigenvalue weighted by atomic mass is 31.2. The van der Waals surface area contributed by atoms with E-state index in [1.165, 1.54) is 65.7 Å². The highest BCUT2D eigenvalue weighted by Crippen LogP contribution is 2.63. The Bertz CT molecular complexity index is 2180. The molecule has 1 heterocycles. The van der Waals surface area contributed by atoms with Gasteiger partial charge in [0, 0.05) is 0 Å². The highest BCUT2D eigenvalue weighted by Gasteiger charge is 2.35. The average molecular weight is 631 g/mol. The van der Waals surface area contributed by atoms with Crippen LogP contribution in [0.4, 0.5) is 0 Å². The number of hydrogen-bond acceptors (Lipinski definition) is 0. The first-order valence-electron chi connectivity index (χ1n) is 16.5. The molecule has 1 aliphatic heterocycles. The standard InChI is InChI=1S/C47H35P/c1-7-19-36(20-8-1)40-31-41(37-21-9-2-10-22-37)33-42(32-40)43-34-46(38-23-11-3-12-24-38)48(44-27-15-5-16-28-44,45-29-17-6-18-30-45)47(35-43)39-25-13-4-14-26-39/h1-35H. The number of hydrogen-bond donors (Lipinski definition) is 0. The van der Waals surface area contributed by atoms with E-state index in [1.807, 2.05) is 0 Å². The van der Waals surface area contributed by atoms with Crippen molar-refractivity contribution < 1.29 is 0 Å². The first kappa shape index (κ1) is 29.7. The smallest absolute Gasteiger partial charge is 0.00763 e. The van der Waals surface area contributed by atoms with E-state index in [-0.39, 0.29) is 0 Å². The molecule has 1 heteroatoms. The van der Waals surface area contributed by atoms with Gasteiger partial charge in [0.25, 0.3) is 0 Å². The summed E-state index contributed by atoms with van der Waals surface area (Å²) in [7, 11) is 0. The summed E-state index contributed by atoms with van der Waals surface area (Å²) in [6.07, 6.45) is 4.99. The van der Waals surface area contributed by atoms with Gasteiger partial charge in [-0.05, 0) is 103 Å². The lowest BCUT2D eigenvalue weighted by molar-refractivity contribution is 1.55. The van der Waals surface area contributed by atoms with Gasteiger partial charge in [-0.25, -0.2) is 0 Å². The largest absolute Gasteiger partial charge is 0.0622 e. The first-order chi connectivity index (χ1) is 23.8. The summed E-state index contributed by atoms with van der Waals surface area (Å²) in [5, 5.41) is 5.43. The molecular weight excluding hydrogens is 595 g/mol. The molecule has 0 unspecified atom stereocenters. The molecule has 7 aromatic carbocycles. The van der Waals surface area contributed by atoms with Gasteiger partial charge < -0.3 is 0 Å². The molecular formula is C47H35P. The molecule has 0 atom stereocenters. The zero-order chi connectivity index (χ0) is 32.2. The maximum Gasteiger partial charge on any atom is -0.00763 e. The summed E-state index contributed by atoms with van der Waals surface area (Å²) in [6.45, 7) is -2.36. The maximum atomic E-state index is 2.49. The summed E-state index contributed by atoms with van der Waals surface area (Å²) >= 11 is 0. The molecule has 0 saturated carbocycles. The van der Waals surface area contributed by atoms with Crippen LogP contribution >= 0.6 is 6.89 Å². The minimum absolute atomic E-state index is 1.20. The second kappa shape index (κ2) is 13.2. The van der Waals surface area contributed by atoms with Crippen LogP contribution in [0.2, 0.25) is 0 Å². The Balaban J connectivity index is 1.51. The van der Waals surface area contributed by atoms with Gasteiger partial charge in [0.05, 0.1) is 0 Å². The monoisotopic (exact) mass is 630 g/mol. The number of benzene rings is 7. The summed E-state index contributed by atoms with van der Waals surface area (Å²) in [4.78, 5) is 0. The Kier molecular flexibility index (Phi) is 8.17. The maximum absolute atomic E-state index is 2.49. The van der Waals surface area contributed by atoms with Crippen LogP contribution in [-0.2, 0) is 0 Å². The predicted octanol–water partition coefficient (Wildman–Crippen LogP) is 11.3. The molecule has 48 heavy (non-hydrogen) atoms. The molecule has 1 aliphatic rings. The molecule has 8 rings (SSSR count). The van der Waals surface area contributed by atoms with E-state index in [2.05, 4.69) is 212 Å². The normalized spacial score (nSPS) is 13.8. The molecule has 0 fully saturated rings. The predicted molar refractivity (Wildman–Crippen MR) is 209 cm³/mol. The van der Waals surface area contributed by atoms with Crippen molar-refractivity contribution >= 4 is 33.7 Å². The van der Waals surface area contributed by atoms with E-state index in [9.17, 15) is 0 Å². The molecule has 0 saturated heterocycles. The van der Waals surface area contributed by atoms with Crippen molar-refractivity contribution in [1.82, 2.24) is 0 Å². The van der Waals surface area contributed by atoms with E-state index in [1.54, 1.807) is 0 Å². The van der Waals surface area contributed by atoms with Crippen LogP contribution in [-0.4, -0.2) is 5.29 Å². The van der Waals surface area contributed by atoms with E-state index >= 15 is 0 Å². The number of allylic oxidation sites excluding steroid dienone is 3. The van der Waals surface area contributed by atoms with E-state index in [0.717, 1.165) is 0 Å². The summed E-state index contributed by atoms with van der Waals surface area (Å²) < 4.78 is 0. The highest BCUT2D eigenvalue weighted by molar-refractivity contribution is 7.98. The van der Waals surface area contributed by atoms with Crippen molar-refractivity contribution in [3.63, 3.8) is 0 Å². The Morgan fingerprint density at radius 1 is 0.271 bits per heavy atom. The van der Waals surface area contributed by atoms with Gasteiger partial charge in [0.1, 0.15) is 0 Å². The van der Waals surface area contributed by atoms with Gasteiger partial charge in [0.2, 0.25) is 0 Å². The zero-order valence-corrected chi connectivity index (χ0v) is 27.5. The molecule has 0 spiro atoms. The van der Waals surface area contributed by atoms with E-state index in [0.29, 0.717) is 0 Å². The topological polar surface area (TPSA) is 0 Å². The fourth-order valence-electron chi connectivity index (χ4n) is 7.00. The second-order valence-electron chi connectivity index (χ2n) is 12.1. The lowest BCUT2D eigenvalue weighted by atomic mass is 9.92. The summed E-state index contributed by atoms with van der Waals surface area (Å²) in [5.41, 5.74) is 9.76. The fraction of sp³-hybridized carbons (Fsp3) is 0. The van der Waals surface area contributed by atoms with Gasteiger partial charge in [-0.15, -0.1) is 0 Å². The summed E-state index contributed by atoms with van der Waals surface area (Å²) in [6, 6.07) is 73.0. The van der Waals surface area contributed by atoms with Gasteiger partial charge in [-0.1, -0.05) is 182 Å². The van der Waals surface area contributed by atoms with Crippen LogP contribution in [0.3, 0.4) is 0 Å². The minimum atomic E-state index is -2.36. The molecule has 0 aliphatic carbocycles. The molecule has 0 bridgehead atoms. The molecule has 228 valence electrons. The van der Waals surface area contributed by atoms with E-state index < -0.39 is 6.89 Å². The van der Waals surface area contributed by atoms with Gasteiger partial charge in [0.15, 0.2) is 0 Å². The Labute approximate surface area is 284 Å². The van der Waals surface area contributed by atoms with Crippen LogP contribution in [0.25, 0.3) is 33.1 Å². The van der Waals surface area contributed by atoms with Gasteiger partial charge >= 0.3 is 0 Å². The van der Waals surface area contributed by atoms with Crippen molar-refractivity contribution in [1.29, 1.82) is 0 Å². The van der Waals surface area contributed by atoms with Crippen molar-refractivity contribution in [2.45, 2.75) is 0 Å². The molecule has 0 N–H and O–H groups in total. The zero-order valence-electron chi connectivity index (χ0n) is 26.7. The second-order valence-corrected chi connectivity index (χ2v) is 15.5. The minimum Gasteiger partial charge on any atom is -0.0622 e. The van der Waals surface area contributed by atoms with Crippen molar-refractivity contribution in [3.8, 4) is 22.3 Å². The molecule has 0 aromatic heterocycles. The molecule has 0 nitrogen and oxygen atoms in total. The Hall–Kier alpha value is -5.68. The molecule has 0 radical (unpaired) electrons. The SMILES string of the molecule is C1=C(c2cc(-c3ccccc3)cc(-c3ccccc3)c2)C=C(c2ccccc2)P(c2ccccc2)(c2ccccc2)=C1c1ccccc1. The van der Waals surface area contributed by atoms with Crippen LogP contribution in [0.1, 0.15) is 16.7 Å². The van der Waals surface area contributed by atoms with Crippen LogP contribution in [0, 0.1) is 0 Å². The van der Waals surface area contributed by atoms with Gasteiger partial charge in [-0.3, -0.25) is 0 Å². The third-order valence-electron chi connectivity index (χ3n) is 9.21. The number of rotatable bonds is 7. The first-order valence-corrected chi connectivity index (χ1v) is 18.3. The van der Waals surface area contributed by atoms with Crippen LogP contribution in [0.15, 0.2) is 212 Å². The third-order valence-corrected chi connectivity index (χ3v) is 13.6.